The van der Waals surface area contributed by atoms with Crippen molar-refractivity contribution in [2.75, 3.05) is 14.2 Å². The molecule has 0 heterocycles. The Hall–Kier alpha value is 0.0969. The molecule has 4 heteroatoms. The van der Waals surface area contributed by atoms with Gasteiger partial charge in [0, 0.05) is 14.2 Å². The molecule has 0 atom stereocenters. The summed E-state index contributed by atoms with van der Waals surface area (Å²) in [6.07, 6.45) is 4.63. The first-order valence-electron chi connectivity index (χ1n) is 5.69. The SMILES string of the molecule is CO[SiH](OC)C1(OC(C)(C)C)CCCC1. The van der Waals surface area contributed by atoms with Crippen LogP contribution in [0.1, 0.15) is 46.5 Å². The fourth-order valence-electron chi connectivity index (χ4n) is 2.49. The minimum absolute atomic E-state index is 0.109. The van der Waals surface area contributed by atoms with E-state index in [0.717, 1.165) is 12.8 Å². The van der Waals surface area contributed by atoms with Gasteiger partial charge in [0.1, 0.15) is 5.22 Å². The third-order valence-electron chi connectivity index (χ3n) is 2.82. The number of ether oxygens (including phenoxy) is 1. The number of hydrogen-bond acceptors (Lipinski definition) is 3. The highest BCUT2D eigenvalue weighted by molar-refractivity contribution is 6.48. The van der Waals surface area contributed by atoms with E-state index < -0.39 is 9.28 Å². The predicted octanol–water partition coefficient (Wildman–Crippen LogP) is 2.17. The lowest BCUT2D eigenvalue weighted by atomic mass is 10.1. The third-order valence-corrected chi connectivity index (χ3v) is 5.23. The molecule has 1 aliphatic rings. The molecule has 3 nitrogen and oxygen atoms in total. The van der Waals surface area contributed by atoms with Crippen molar-refractivity contribution >= 4 is 9.28 Å². The molecule has 90 valence electrons. The maximum absolute atomic E-state index is 6.24. The summed E-state index contributed by atoms with van der Waals surface area (Å²) < 4.78 is 17.3. The van der Waals surface area contributed by atoms with Gasteiger partial charge >= 0.3 is 9.28 Å². The monoisotopic (exact) mass is 232 g/mol. The predicted molar refractivity (Wildman–Crippen MR) is 63.2 cm³/mol. The van der Waals surface area contributed by atoms with Crippen LogP contribution in [0.3, 0.4) is 0 Å². The molecule has 1 saturated carbocycles. The summed E-state index contributed by atoms with van der Waals surface area (Å²) in [6, 6.07) is 0. The fraction of sp³-hybridized carbons (Fsp3) is 1.00. The van der Waals surface area contributed by atoms with Crippen LogP contribution in [0.25, 0.3) is 0 Å². The van der Waals surface area contributed by atoms with Gasteiger partial charge in [-0.1, -0.05) is 12.8 Å². The largest absolute Gasteiger partial charge is 0.398 e. The van der Waals surface area contributed by atoms with Crippen molar-refractivity contribution in [2.24, 2.45) is 0 Å². The van der Waals surface area contributed by atoms with Crippen molar-refractivity contribution in [3.8, 4) is 0 Å². The first-order valence-corrected chi connectivity index (χ1v) is 7.21. The lowest BCUT2D eigenvalue weighted by Crippen LogP contribution is -2.52. The molecule has 1 fully saturated rings. The first kappa shape index (κ1) is 13.2. The van der Waals surface area contributed by atoms with Crippen LogP contribution in [0.4, 0.5) is 0 Å². The van der Waals surface area contributed by atoms with E-state index in [-0.39, 0.29) is 10.8 Å². The van der Waals surface area contributed by atoms with Crippen LogP contribution < -0.4 is 0 Å². The molecular formula is C11H24O3Si. The second kappa shape index (κ2) is 4.95. The van der Waals surface area contributed by atoms with E-state index in [4.69, 9.17) is 13.6 Å². The Morgan fingerprint density at radius 3 is 1.80 bits per heavy atom. The average Bonchev–Trinajstić information content (AvgIpc) is 2.53. The highest BCUT2D eigenvalue weighted by atomic mass is 28.3. The van der Waals surface area contributed by atoms with Gasteiger partial charge in [0.25, 0.3) is 0 Å². The molecule has 0 spiro atoms. The van der Waals surface area contributed by atoms with Crippen LogP contribution in [-0.2, 0) is 13.6 Å². The molecule has 0 aromatic rings. The van der Waals surface area contributed by atoms with Crippen LogP contribution in [0, 0.1) is 0 Å². The molecular weight excluding hydrogens is 208 g/mol. The molecule has 0 amide bonds. The molecule has 0 saturated heterocycles. The van der Waals surface area contributed by atoms with E-state index in [2.05, 4.69) is 20.8 Å². The maximum atomic E-state index is 6.24. The lowest BCUT2D eigenvalue weighted by molar-refractivity contribution is -0.101. The van der Waals surface area contributed by atoms with E-state index in [1.807, 2.05) is 0 Å². The van der Waals surface area contributed by atoms with Gasteiger partial charge in [-0.2, -0.15) is 0 Å². The summed E-state index contributed by atoms with van der Waals surface area (Å²) in [5.74, 6) is 0. The highest BCUT2D eigenvalue weighted by Crippen LogP contribution is 2.38. The number of rotatable bonds is 4. The Morgan fingerprint density at radius 2 is 1.47 bits per heavy atom. The molecule has 0 N–H and O–H groups in total. The van der Waals surface area contributed by atoms with Crippen molar-refractivity contribution in [3.63, 3.8) is 0 Å². The zero-order chi connectivity index (χ0) is 11.5. The third kappa shape index (κ3) is 3.28. The van der Waals surface area contributed by atoms with Crippen molar-refractivity contribution < 1.29 is 13.6 Å². The summed E-state index contributed by atoms with van der Waals surface area (Å²) in [6.45, 7) is 6.30. The summed E-state index contributed by atoms with van der Waals surface area (Å²) >= 11 is 0. The van der Waals surface area contributed by atoms with Crippen LogP contribution in [0.2, 0.25) is 0 Å². The minimum atomic E-state index is -1.70. The molecule has 1 rings (SSSR count). The van der Waals surface area contributed by atoms with Gasteiger partial charge < -0.3 is 13.6 Å². The Kier molecular flexibility index (Phi) is 4.35. The van der Waals surface area contributed by atoms with Gasteiger partial charge in [-0.15, -0.1) is 0 Å². The Bertz CT molecular complexity index is 190. The molecule has 0 aromatic carbocycles. The van der Waals surface area contributed by atoms with E-state index in [9.17, 15) is 0 Å². The Balaban J connectivity index is 2.78. The van der Waals surface area contributed by atoms with Crippen molar-refractivity contribution in [2.45, 2.75) is 57.3 Å². The molecule has 0 aromatic heterocycles. The van der Waals surface area contributed by atoms with Crippen molar-refractivity contribution in [3.05, 3.63) is 0 Å². The lowest BCUT2D eigenvalue weighted by Gasteiger charge is -2.39. The van der Waals surface area contributed by atoms with E-state index in [1.54, 1.807) is 14.2 Å². The topological polar surface area (TPSA) is 27.7 Å². The zero-order valence-corrected chi connectivity index (χ0v) is 11.8. The van der Waals surface area contributed by atoms with Crippen LogP contribution in [-0.4, -0.2) is 34.3 Å². The standard InChI is InChI=1S/C11H24O3Si/c1-10(2,3)14-11(8-6-7-9-11)15(12-4)13-5/h15H,6-9H2,1-5H3. The van der Waals surface area contributed by atoms with E-state index in [1.165, 1.54) is 12.8 Å². The Labute approximate surface area is 94.9 Å². The van der Waals surface area contributed by atoms with Gasteiger partial charge in [-0.3, -0.25) is 0 Å². The second-order valence-electron chi connectivity index (χ2n) is 5.29. The molecule has 0 unspecified atom stereocenters. The normalized spacial score (nSPS) is 21.2. The molecule has 0 bridgehead atoms. The van der Waals surface area contributed by atoms with Crippen LogP contribution in [0.15, 0.2) is 0 Å². The minimum Gasteiger partial charge on any atom is -0.398 e. The fourth-order valence-corrected chi connectivity index (χ4v) is 4.88. The summed E-state index contributed by atoms with van der Waals surface area (Å²) in [5, 5.41) is -0.109. The second-order valence-corrected chi connectivity index (χ2v) is 7.95. The Morgan fingerprint density at radius 1 is 1.00 bits per heavy atom. The first-order chi connectivity index (χ1) is 6.93. The maximum Gasteiger partial charge on any atom is 0.354 e. The van der Waals surface area contributed by atoms with E-state index >= 15 is 0 Å². The smallest absolute Gasteiger partial charge is 0.354 e. The molecule has 0 radical (unpaired) electrons. The van der Waals surface area contributed by atoms with Gasteiger partial charge in [-0.05, 0) is 33.6 Å². The summed E-state index contributed by atoms with van der Waals surface area (Å²) in [5.41, 5.74) is -0.118. The van der Waals surface area contributed by atoms with Gasteiger partial charge in [-0.25, -0.2) is 0 Å². The summed E-state index contributed by atoms with van der Waals surface area (Å²) in [4.78, 5) is 0. The van der Waals surface area contributed by atoms with E-state index in [0.29, 0.717) is 0 Å². The molecule has 0 aliphatic heterocycles. The quantitative estimate of drug-likeness (QED) is 0.695. The summed E-state index contributed by atoms with van der Waals surface area (Å²) in [7, 11) is 1.78. The number of hydrogen-bond donors (Lipinski definition) is 0. The zero-order valence-electron chi connectivity index (χ0n) is 10.6. The average molecular weight is 232 g/mol. The van der Waals surface area contributed by atoms with Crippen LogP contribution in [0.5, 0.6) is 0 Å². The van der Waals surface area contributed by atoms with Crippen LogP contribution >= 0.6 is 0 Å². The van der Waals surface area contributed by atoms with Gasteiger partial charge in [0.2, 0.25) is 0 Å². The highest BCUT2D eigenvalue weighted by Gasteiger charge is 2.48. The van der Waals surface area contributed by atoms with Crippen molar-refractivity contribution in [1.82, 2.24) is 0 Å². The van der Waals surface area contributed by atoms with Gasteiger partial charge in [0.05, 0.1) is 5.60 Å². The molecule has 1 aliphatic carbocycles. The molecule has 15 heavy (non-hydrogen) atoms. The van der Waals surface area contributed by atoms with Gasteiger partial charge in [0.15, 0.2) is 0 Å². The van der Waals surface area contributed by atoms with Crippen molar-refractivity contribution in [1.29, 1.82) is 0 Å².